The first kappa shape index (κ1) is 14.1. The highest BCUT2D eigenvalue weighted by molar-refractivity contribution is 5.98. The molecule has 1 aromatic heterocycles. The summed E-state index contributed by atoms with van der Waals surface area (Å²) in [6.45, 7) is 1.63. The van der Waals surface area contributed by atoms with Gasteiger partial charge in [0.25, 0.3) is 5.56 Å². The van der Waals surface area contributed by atoms with Crippen LogP contribution < -0.4 is 5.56 Å². The van der Waals surface area contributed by atoms with Crippen molar-refractivity contribution >= 4 is 16.7 Å². The second kappa shape index (κ2) is 5.52. The number of ketones is 1. The first-order chi connectivity index (χ1) is 10.6. The summed E-state index contributed by atoms with van der Waals surface area (Å²) in [5.41, 5.74) is 0.490. The molecular weight excluding hydrogens is 283 g/mol. The molecule has 0 aliphatic carbocycles. The molecule has 4 nitrogen and oxygen atoms in total. The zero-order valence-electron chi connectivity index (χ0n) is 11.9. The fourth-order valence-corrected chi connectivity index (χ4v) is 2.35. The van der Waals surface area contributed by atoms with Gasteiger partial charge < -0.3 is 0 Å². The standard InChI is InChI=1S/C17H13FN2O2/c1-11(16(21)12-5-3-2-4-6-12)20-10-19-15-8-7-13(18)9-14(15)17(20)22/h2-11H,1H3/t11-/m1/s1. The SMILES string of the molecule is C[C@H](C(=O)c1ccccc1)n1cnc2ccc(F)cc2c1=O. The third kappa shape index (κ3) is 2.41. The molecule has 22 heavy (non-hydrogen) atoms. The van der Waals surface area contributed by atoms with Crippen LogP contribution in [-0.4, -0.2) is 15.3 Å². The van der Waals surface area contributed by atoms with Gasteiger partial charge in [-0.1, -0.05) is 30.3 Å². The summed E-state index contributed by atoms with van der Waals surface area (Å²) < 4.78 is 14.6. The number of fused-ring (bicyclic) bond motifs is 1. The molecule has 5 heteroatoms. The van der Waals surface area contributed by atoms with Crippen LogP contribution in [0.1, 0.15) is 23.3 Å². The van der Waals surface area contributed by atoms with Crippen molar-refractivity contribution in [3.05, 3.63) is 76.6 Å². The van der Waals surface area contributed by atoms with Gasteiger partial charge in [0.05, 0.1) is 23.3 Å². The lowest BCUT2D eigenvalue weighted by molar-refractivity contribution is 0.0932. The van der Waals surface area contributed by atoms with Gasteiger partial charge in [0, 0.05) is 5.56 Å². The van der Waals surface area contributed by atoms with Gasteiger partial charge in [0.15, 0.2) is 5.78 Å². The second-order valence-corrected chi connectivity index (χ2v) is 5.02. The third-order valence-corrected chi connectivity index (χ3v) is 3.60. The monoisotopic (exact) mass is 296 g/mol. The highest BCUT2D eigenvalue weighted by atomic mass is 19.1. The Morgan fingerprint density at radius 1 is 1.18 bits per heavy atom. The normalized spacial score (nSPS) is 12.3. The minimum Gasteiger partial charge on any atom is -0.292 e. The summed E-state index contributed by atoms with van der Waals surface area (Å²) in [6.07, 6.45) is 1.33. The molecule has 0 spiro atoms. The number of aromatic nitrogens is 2. The molecule has 3 rings (SSSR count). The molecule has 0 bridgehead atoms. The Kier molecular flexibility index (Phi) is 3.55. The number of Topliss-reactive ketones (excluding diaryl/α,β-unsaturated/α-hetero) is 1. The number of nitrogens with zero attached hydrogens (tertiary/aromatic N) is 2. The molecule has 2 aromatic carbocycles. The highest BCUT2D eigenvalue weighted by Gasteiger charge is 2.19. The molecule has 0 saturated heterocycles. The number of halogens is 1. The molecule has 0 radical (unpaired) electrons. The van der Waals surface area contributed by atoms with E-state index in [0.29, 0.717) is 11.1 Å². The molecule has 110 valence electrons. The van der Waals surface area contributed by atoms with E-state index in [2.05, 4.69) is 4.98 Å². The Hall–Kier alpha value is -2.82. The molecule has 1 heterocycles. The molecule has 0 N–H and O–H groups in total. The van der Waals surface area contributed by atoms with Crippen molar-refractivity contribution in [1.29, 1.82) is 0 Å². The van der Waals surface area contributed by atoms with E-state index in [1.54, 1.807) is 31.2 Å². The zero-order chi connectivity index (χ0) is 15.7. The quantitative estimate of drug-likeness (QED) is 0.698. The van der Waals surface area contributed by atoms with Crippen molar-refractivity contribution in [3.8, 4) is 0 Å². The van der Waals surface area contributed by atoms with Crippen LogP contribution in [0.5, 0.6) is 0 Å². The van der Waals surface area contributed by atoms with Gasteiger partial charge in [-0.3, -0.25) is 14.2 Å². The molecule has 3 aromatic rings. The Balaban J connectivity index is 2.08. The Morgan fingerprint density at radius 3 is 2.64 bits per heavy atom. The largest absolute Gasteiger partial charge is 0.292 e. The smallest absolute Gasteiger partial charge is 0.261 e. The molecule has 1 atom stereocenters. The van der Waals surface area contributed by atoms with Gasteiger partial charge in [0.2, 0.25) is 0 Å². The topological polar surface area (TPSA) is 52.0 Å². The average molecular weight is 296 g/mol. The Labute approximate surface area is 125 Å². The first-order valence-electron chi connectivity index (χ1n) is 6.83. The van der Waals surface area contributed by atoms with E-state index < -0.39 is 17.4 Å². The van der Waals surface area contributed by atoms with Crippen molar-refractivity contribution in [3.63, 3.8) is 0 Å². The van der Waals surface area contributed by atoms with Crippen molar-refractivity contribution in [2.75, 3.05) is 0 Å². The minimum absolute atomic E-state index is 0.162. The Morgan fingerprint density at radius 2 is 1.91 bits per heavy atom. The van der Waals surface area contributed by atoms with Crippen molar-refractivity contribution in [2.24, 2.45) is 0 Å². The summed E-state index contributed by atoms with van der Waals surface area (Å²) in [7, 11) is 0. The average Bonchev–Trinajstić information content (AvgIpc) is 2.55. The molecule has 0 aliphatic heterocycles. The van der Waals surface area contributed by atoms with Gasteiger partial charge >= 0.3 is 0 Å². The van der Waals surface area contributed by atoms with Gasteiger partial charge in [-0.25, -0.2) is 9.37 Å². The molecule has 0 fully saturated rings. The fraction of sp³-hybridized carbons (Fsp3) is 0.118. The molecule has 0 saturated carbocycles. The Bertz CT molecular complexity index is 903. The second-order valence-electron chi connectivity index (χ2n) is 5.02. The summed E-state index contributed by atoms with van der Waals surface area (Å²) >= 11 is 0. The number of carbonyl (C=O) groups excluding carboxylic acids is 1. The zero-order valence-corrected chi connectivity index (χ0v) is 11.9. The van der Waals surface area contributed by atoms with Crippen LogP contribution in [0, 0.1) is 5.82 Å². The van der Waals surface area contributed by atoms with Crippen LogP contribution in [-0.2, 0) is 0 Å². The van der Waals surface area contributed by atoms with Crippen LogP contribution in [0.3, 0.4) is 0 Å². The molecule has 0 amide bonds. The maximum Gasteiger partial charge on any atom is 0.261 e. The van der Waals surface area contributed by atoms with Gasteiger partial charge in [0.1, 0.15) is 5.82 Å². The fourth-order valence-electron chi connectivity index (χ4n) is 2.35. The summed E-state index contributed by atoms with van der Waals surface area (Å²) in [6, 6.07) is 11.8. The van der Waals surface area contributed by atoms with Crippen molar-refractivity contribution in [1.82, 2.24) is 9.55 Å². The number of rotatable bonds is 3. The van der Waals surface area contributed by atoms with E-state index in [-0.39, 0.29) is 11.2 Å². The maximum atomic E-state index is 13.3. The lowest BCUT2D eigenvalue weighted by Crippen LogP contribution is -2.28. The molecular formula is C17H13FN2O2. The summed E-state index contributed by atoms with van der Waals surface area (Å²) in [5, 5.41) is 0.162. The predicted molar refractivity (Wildman–Crippen MR) is 81.4 cm³/mol. The van der Waals surface area contributed by atoms with Crippen LogP contribution >= 0.6 is 0 Å². The lowest BCUT2D eigenvalue weighted by Gasteiger charge is -2.14. The van der Waals surface area contributed by atoms with Gasteiger partial charge in [-0.2, -0.15) is 0 Å². The van der Waals surface area contributed by atoms with Crippen LogP contribution in [0.4, 0.5) is 4.39 Å². The first-order valence-corrected chi connectivity index (χ1v) is 6.83. The van der Waals surface area contributed by atoms with Gasteiger partial charge in [-0.15, -0.1) is 0 Å². The number of hydrogen-bond donors (Lipinski definition) is 0. The molecule has 0 aliphatic rings. The van der Waals surface area contributed by atoms with Gasteiger partial charge in [-0.05, 0) is 25.1 Å². The van der Waals surface area contributed by atoms with E-state index in [1.165, 1.54) is 23.0 Å². The van der Waals surface area contributed by atoms with Crippen LogP contribution in [0.25, 0.3) is 10.9 Å². The van der Waals surface area contributed by atoms with E-state index in [1.807, 2.05) is 6.07 Å². The number of hydrogen-bond acceptors (Lipinski definition) is 3. The highest BCUT2D eigenvalue weighted by Crippen LogP contribution is 2.14. The third-order valence-electron chi connectivity index (χ3n) is 3.60. The van der Waals surface area contributed by atoms with Crippen LogP contribution in [0.2, 0.25) is 0 Å². The summed E-state index contributed by atoms with van der Waals surface area (Å²) in [5.74, 6) is -0.702. The number of carbonyl (C=O) groups is 1. The van der Waals surface area contributed by atoms with E-state index >= 15 is 0 Å². The van der Waals surface area contributed by atoms with Crippen molar-refractivity contribution < 1.29 is 9.18 Å². The lowest BCUT2D eigenvalue weighted by atomic mass is 10.1. The number of benzene rings is 2. The minimum atomic E-state index is -0.713. The summed E-state index contributed by atoms with van der Waals surface area (Å²) in [4.78, 5) is 29.0. The maximum absolute atomic E-state index is 13.3. The van der Waals surface area contributed by atoms with Crippen molar-refractivity contribution in [2.45, 2.75) is 13.0 Å². The van der Waals surface area contributed by atoms with Crippen LogP contribution in [0.15, 0.2) is 59.7 Å². The molecule has 0 unspecified atom stereocenters. The van der Waals surface area contributed by atoms with E-state index in [4.69, 9.17) is 0 Å². The predicted octanol–water partition coefficient (Wildman–Crippen LogP) is 2.98. The van der Waals surface area contributed by atoms with E-state index in [0.717, 1.165) is 6.07 Å². The van der Waals surface area contributed by atoms with E-state index in [9.17, 15) is 14.0 Å².